The van der Waals surface area contributed by atoms with E-state index in [0.717, 1.165) is 64.2 Å². The second-order valence-electron chi connectivity index (χ2n) is 26.3. The van der Waals surface area contributed by atoms with Crippen LogP contribution >= 0.6 is 0 Å². The maximum atomic E-state index is 13.1. The normalized spacial score (nSPS) is 18.0. The summed E-state index contributed by atoms with van der Waals surface area (Å²) in [6.07, 6.45) is 79.5. The molecule has 89 heavy (non-hydrogen) atoms. The van der Waals surface area contributed by atoms with E-state index in [9.17, 15) is 35.1 Å². The van der Waals surface area contributed by atoms with Crippen LogP contribution in [0.2, 0.25) is 0 Å². The second kappa shape index (κ2) is 66.8. The van der Waals surface area contributed by atoms with Crippen LogP contribution in [0, 0.1) is 0 Å². The van der Waals surface area contributed by atoms with E-state index in [1.807, 2.05) is 6.08 Å². The Hall–Kier alpha value is -2.64. The van der Waals surface area contributed by atoms with Crippen LogP contribution in [-0.2, 0) is 23.8 Å². The minimum atomic E-state index is -1.58. The third-order valence-corrected chi connectivity index (χ3v) is 17.8. The molecular formula is C78H143NO10. The van der Waals surface area contributed by atoms with E-state index in [1.165, 1.54) is 270 Å². The van der Waals surface area contributed by atoms with E-state index in [-0.39, 0.29) is 18.5 Å². The van der Waals surface area contributed by atoms with E-state index >= 15 is 0 Å². The van der Waals surface area contributed by atoms with E-state index in [2.05, 4.69) is 67.8 Å². The number of allylic oxidation sites excluding steroid dienone is 9. The number of rotatable bonds is 67. The van der Waals surface area contributed by atoms with Crippen LogP contribution in [0.15, 0.2) is 60.8 Å². The van der Waals surface area contributed by atoms with Crippen molar-refractivity contribution in [1.29, 1.82) is 0 Å². The van der Waals surface area contributed by atoms with Crippen LogP contribution < -0.4 is 5.32 Å². The molecular weight excluding hydrogens is 1110 g/mol. The monoisotopic (exact) mass is 1250 g/mol. The minimum absolute atomic E-state index is 0.000286. The maximum Gasteiger partial charge on any atom is 0.305 e. The topological polar surface area (TPSA) is 175 Å². The van der Waals surface area contributed by atoms with Gasteiger partial charge in [0.1, 0.15) is 24.4 Å². The molecule has 1 aliphatic rings. The summed E-state index contributed by atoms with van der Waals surface area (Å²) in [6.45, 7) is 4.33. The van der Waals surface area contributed by atoms with Gasteiger partial charge in [-0.3, -0.25) is 9.59 Å². The molecule has 0 aromatic carbocycles. The Morgan fingerprint density at radius 2 is 0.764 bits per heavy atom. The van der Waals surface area contributed by atoms with Crippen LogP contribution in [0.4, 0.5) is 0 Å². The largest absolute Gasteiger partial charge is 0.466 e. The summed E-state index contributed by atoms with van der Waals surface area (Å²) in [7, 11) is 0. The molecule has 0 bridgehead atoms. The van der Waals surface area contributed by atoms with Crippen molar-refractivity contribution in [2.45, 2.75) is 403 Å². The highest BCUT2D eigenvalue weighted by Gasteiger charge is 2.44. The Morgan fingerprint density at radius 1 is 0.416 bits per heavy atom. The predicted molar refractivity (Wildman–Crippen MR) is 375 cm³/mol. The van der Waals surface area contributed by atoms with Gasteiger partial charge in [0.25, 0.3) is 0 Å². The molecule has 520 valence electrons. The van der Waals surface area contributed by atoms with E-state index in [1.54, 1.807) is 6.08 Å². The number of hydrogen-bond donors (Lipinski definition) is 6. The SMILES string of the molecule is CCCCC/C=C\CCCCCCCC(=O)OCCCCCCCCCCCCC/C=C\C/C=C\CCCCCCCCCCCCCCCCCCCC(=O)NC(COC1OC(CO)C(O)C(O)C1O)C(O)/C=C/CC/C=C/CCCCCCCCCC. The molecule has 0 aromatic heterocycles. The lowest BCUT2D eigenvalue weighted by Gasteiger charge is -2.40. The molecule has 1 fully saturated rings. The average molecular weight is 1250 g/mol. The van der Waals surface area contributed by atoms with Crippen molar-refractivity contribution < 1.29 is 49.3 Å². The van der Waals surface area contributed by atoms with Crippen LogP contribution in [0.3, 0.4) is 0 Å². The van der Waals surface area contributed by atoms with Crippen LogP contribution in [-0.4, -0.2) is 100 Å². The van der Waals surface area contributed by atoms with Gasteiger partial charge in [-0.2, -0.15) is 0 Å². The quantitative estimate of drug-likeness (QED) is 0.0195. The lowest BCUT2D eigenvalue weighted by atomic mass is 9.99. The minimum Gasteiger partial charge on any atom is -0.466 e. The summed E-state index contributed by atoms with van der Waals surface area (Å²) in [5.41, 5.74) is 0. The lowest BCUT2D eigenvalue weighted by molar-refractivity contribution is -0.302. The fraction of sp³-hybridized carbons (Fsp3) is 0.846. The molecule has 0 spiro atoms. The average Bonchev–Trinajstić information content (AvgIpc) is 1.77. The van der Waals surface area contributed by atoms with Crippen LogP contribution in [0.5, 0.6) is 0 Å². The number of carbonyl (C=O) groups excluding carboxylic acids is 2. The molecule has 1 aliphatic heterocycles. The first-order valence-corrected chi connectivity index (χ1v) is 38.1. The van der Waals surface area contributed by atoms with Gasteiger partial charge in [-0.25, -0.2) is 0 Å². The highest BCUT2D eigenvalue weighted by atomic mass is 16.7. The number of ether oxygens (including phenoxy) is 3. The zero-order valence-electron chi connectivity index (χ0n) is 57.9. The van der Waals surface area contributed by atoms with Crippen molar-refractivity contribution in [1.82, 2.24) is 5.32 Å². The summed E-state index contributed by atoms with van der Waals surface area (Å²) in [5, 5.41) is 54.5. The maximum absolute atomic E-state index is 13.1. The molecule has 7 atom stereocenters. The van der Waals surface area contributed by atoms with Crippen molar-refractivity contribution in [2.24, 2.45) is 0 Å². The van der Waals surface area contributed by atoms with E-state index < -0.39 is 49.5 Å². The molecule has 6 N–H and O–H groups in total. The number of hydrogen-bond acceptors (Lipinski definition) is 10. The summed E-state index contributed by atoms with van der Waals surface area (Å²) in [5.74, 6) is -0.188. The summed E-state index contributed by atoms with van der Waals surface area (Å²) >= 11 is 0. The second-order valence-corrected chi connectivity index (χ2v) is 26.3. The Labute approximate surface area is 548 Å². The fourth-order valence-electron chi connectivity index (χ4n) is 11.8. The zero-order valence-corrected chi connectivity index (χ0v) is 57.9. The standard InChI is InChI=1S/C78H143NO10/c1-3-5-7-9-11-13-15-17-41-44-48-52-56-60-64-71(81)70(69-88-78-77(86)76(85)75(84)72(68-80)89-78)79-73(82)65-61-57-53-49-45-42-39-37-35-33-31-29-27-25-23-21-19-18-20-22-24-26-28-30-32-34-36-38-40-43-47-51-55-59-63-67-87-74(83)66-62-58-54-50-46-16-14-12-10-8-6-4-2/h12,14,20,22,26,28,44,48,60,64,70-72,75-78,80-81,84-86H,3-11,13,15-19,21,23-25,27,29-43,45-47,49-59,61-63,65-69H2,1-2H3,(H,79,82)/b14-12-,22-20-,28-26-,48-44+,64-60+. The van der Waals surface area contributed by atoms with Gasteiger partial charge in [-0.15, -0.1) is 0 Å². The number of aliphatic hydroxyl groups excluding tert-OH is 5. The molecule has 1 saturated heterocycles. The van der Waals surface area contributed by atoms with Crippen LogP contribution in [0.25, 0.3) is 0 Å². The van der Waals surface area contributed by atoms with Crippen molar-refractivity contribution in [3.63, 3.8) is 0 Å². The Bertz CT molecular complexity index is 1660. The number of amides is 1. The van der Waals surface area contributed by atoms with Crippen molar-refractivity contribution in [3.8, 4) is 0 Å². The molecule has 11 heteroatoms. The molecule has 0 saturated carbocycles. The third kappa shape index (κ3) is 55.5. The van der Waals surface area contributed by atoms with Gasteiger partial charge in [-0.05, 0) is 103 Å². The molecule has 0 aromatic rings. The van der Waals surface area contributed by atoms with Gasteiger partial charge < -0.3 is 45.1 Å². The predicted octanol–water partition coefficient (Wildman–Crippen LogP) is 20.1. The smallest absolute Gasteiger partial charge is 0.305 e. The molecule has 1 amide bonds. The Morgan fingerprint density at radius 3 is 1.20 bits per heavy atom. The fourth-order valence-corrected chi connectivity index (χ4v) is 11.8. The number of esters is 1. The van der Waals surface area contributed by atoms with Crippen molar-refractivity contribution >= 4 is 11.9 Å². The number of carbonyl (C=O) groups is 2. The van der Waals surface area contributed by atoms with Crippen LogP contribution in [0.1, 0.15) is 361 Å². The van der Waals surface area contributed by atoms with Gasteiger partial charge >= 0.3 is 5.97 Å². The Kier molecular flexibility index (Phi) is 63.3. The van der Waals surface area contributed by atoms with E-state index in [0.29, 0.717) is 19.4 Å². The van der Waals surface area contributed by atoms with Gasteiger partial charge in [0.05, 0.1) is 32.0 Å². The van der Waals surface area contributed by atoms with Gasteiger partial charge in [0.15, 0.2) is 6.29 Å². The Balaban J connectivity index is 1.96. The summed E-state index contributed by atoms with van der Waals surface area (Å²) < 4.78 is 16.7. The van der Waals surface area contributed by atoms with Crippen molar-refractivity contribution in [3.05, 3.63) is 60.8 Å². The zero-order chi connectivity index (χ0) is 64.4. The number of nitrogens with one attached hydrogen (secondary N) is 1. The van der Waals surface area contributed by atoms with Gasteiger partial charge in [-0.1, -0.05) is 306 Å². The third-order valence-electron chi connectivity index (χ3n) is 17.8. The molecule has 0 radical (unpaired) electrons. The molecule has 11 nitrogen and oxygen atoms in total. The first-order chi connectivity index (χ1) is 43.7. The summed E-state index contributed by atoms with van der Waals surface area (Å²) in [4.78, 5) is 25.1. The van der Waals surface area contributed by atoms with Gasteiger partial charge in [0.2, 0.25) is 5.91 Å². The molecule has 7 unspecified atom stereocenters. The summed E-state index contributed by atoms with van der Waals surface area (Å²) in [6, 6.07) is -0.827. The first-order valence-electron chi connectivity index (χ1n) is 38.1. The highest BCUT2D eigenvalue weighted by molar-refractivity contribution is 5.76. The van der Waals surface area contributed by atoms with Gasteiger partial charge in [0, 0.05) is 12.8 Å². The molecule has 1 heterocycles. The van der Waals surface area contributed by atoms with Crippen molar-refractivity contribution in [2.75, 3.05) is 19.8 Å². The highest BCUT2D eigenvalue weighted by Crippen LogP contribution is 2.23. The molecule has 0 aliphatic carbocycles. The first kappa shape index (κ1) is 84.4. The van der Waals surface area contributed by atoms with E-state index in [4.69, 9.17) is 14.2 Å². The lowest BCUT2D eigenvalue weighted by Crippen LogP contribution is -2.60. The number of aliphatic hydroxyl groups is 5. The molecule has 1 rings (SSSR count). The number of unbranched alkanes of at least 4 members (excludes halogenated alkanes) is 45.